The molecule has 0 radical (unpaired) electrons. The van der Waals surface area contributed by atoms with Gasteiger partial charge >= 0.3 is 0 Å². The molecule has 0 saturated carbocycles. The van der Waals surface area contributed by atoms with Gasteiger partial charge in [-0.2, -0.15) is 0 Å². The first kappa shape index (κ1) is 22.1. The molecule has 5 rings (SSSR count). The van der Waals surface area contributed by atoms with Gasteiger partial charge in [0.15, 0.2) is 0 Å². The molecule has 3 heterocycles. The number of aromatic nitrogens is 4. The minimum atomic E-state index is -1.05. The van der Waals surface area contributed by atoms with Crippen LogP contribution in [0.5, 0.6) is 0 Å². The highest BCUT2D eigenvalue weighted by molar-refractivity contribution is 6.30. The maximum absolute atomic E-state index is 12.8. The van der Waals surface area contributed by atoms with E-state index < -0.39 is 5.54 Å². The second-order valence-corrected chi connectivity index (χ2v) is 9.06. The summed E-state index contributed by atoms with van der Waals surface area (Å²) in [6.07, 6.45) is 5.23. The predicted octanol–water partition coefficient (Wildman–Crippen LogP) is 4.55. The summed E-state index contributed by atoms with van der Waals surface area (Å²) in [5.41, 5.74) is 12.0. The fourth-order valence-corrected chi connectivity index (χ4v) is 4.63. The second kappa shape index (κ2) is 8.24. The number of aryl methyl sites for hydroxylation is 3. The lowest BCUT2D eigenvalue weighted by atomic mass is 9.81. The molecule has 7 heteroatoms. The van der Waals surface area contributed by atoms with Crippen molar-refractivity contribution in [3.05, 3.63) is 117 Å². The molecule has 0 bridgehead atoms. The molecule has 5 aromatic rings. The van der Waals surface area contributed by atoms with Crippen molar-refractivity contribution in [2.75, 3.05) is 0 Å². The molecule has 6 nitrogen and oxygen atoms in total. The monoisotopic (exact) mass is 469 g/mol. The van der Waals surface area contributed by atoms with Crippen molar-refractivity contribution in [1.82, 2.24) is 19.1 Å². The summed E-state index contributed by atoms with van der Waals surface area (Å²) in [6.45, 7) is 2.03. The molecule has 0 aliphatic heterocycles. The first-order valence-corrected chi connectivity index (χ1v) is 11.3. The summed E-state index contributed by atoms with van der Waals surface area (Å²) in [6, 6.07) is 19.3. The zero-order valence-electron chi connectivity index (χ0n) is 19.2. The molecule has 0 spiro atoms. The third-order valence-electron chi connectivity index (χ3n) is 6.38. The van der Waals surface area contributed by atoms with Crippen LogP contribution in [0.1, 0.15) is 22.4 Å². The Labute approximate surface area is 202 Å². The largest absolute Gasteiger partial charge is 0.336 e. The van der Waals surface area contributed by atoms with Crippen LogP contribution >= 0.6 is 11.6 Å². The number of nitrogens with two attached hydrogens (primary N) is 1. The molecular weight excluding hydrogens is 446 g/mol. The molecule has 0 amide bonds. The van der Waals surface area contributed by atoms with Gasteiger partial charge in [-0.05, 0) is 41.8 Å². The van der Waals surface area contributed by atoms with Gasteiger partial charge in [0.2, 0.25) is 0 Å². The van der Waals surface area contributed by atoms with Crippen LogP contribution in [0.25, 0.3) is 22.2 Å². The standard InChI is InChI=1S/C27H24ClN5O/c1-17-5-4-6-18(11-17)22-13-25(34)33(3)26-23(22)12-20(14-31-26)27(29,24-15-30-16-32(24)2)19-7-9-21(28)10-8-19/h4-16H,29H2,1-3H3/t27-/m1/s1. The minimum absolute atomic E-state index is 0.118. The van der Waals surface area contributed by atoms with E-state index in [0.29, 0.717) is 10.7 Å². The van der Waals surface area contributed by atoms with Gasteiger partial charge in [0.25, 0.3) is 5.56 Å². The molecule has 3 aromatic heterocycles. The number of halogens is 1. The quantitative estimate of drug-likeness (QED) is 0.419. The average molecular weight is 470 g/mol. The SMILES string of the molecule is Cc1cccc(-c2cc(=O)n(C)c3ncc([C@](N)(c4ccc(Cl)cc4)c4cncn4C)cc23)c1. The summed E-state index contributed by atoms with van der Waals surface area (Å²) in [5, 5.41) is 1.47. The van der Waals surface area contributed by atoms with E-state index in [-0.39, 0.29) is 5.56 Å². The molecule has 170 valence electrons. The van der Waals surface area contributed by atoms with E-state index in [1.165, 1.54) is 0 Å². The number of imidazole rings is 1. The molecule has 0 saturated heterocycles. The van der Waals surface area contributed by atoms with Crippen molar-refractivity contribution < 1.29 is 0 Å². The van der Waals surface area contributed by atoms with Crippen molar-refractivity contribution in [1.29, 1.82) is 0 Å². The third kappa shape index (κ3) is 3.52. The number of hydrogen-bond donors (Lipinski definition) is 1. The summed E-state index contributed by atoms with van der Waals surface area (Å²) in [4.78, 5) is 21.8. The van der Waals surface area contributed by atoms with E-state index in [4.69, 9.17) is 22.3 Å². The fraction of sp³-hybridized carbons (Fsp3) is 0.148. The van der Waals surface area contributed by atoms with Crippen molar-refractivity contribution in [3.8, 4) is 11.1 Å². The van der Waals surface area contributed by atoms with Gasteiger partial charge in [-0.3, -0.25) is 9.36 Å². The Hall–Kier alpha value is -3.74. The van der Waals surface area contributed by atoms with Crippen LogP contribution in [0.15, 0.2) is 84.2 Å². The van der Waals surface area contributed by atoms with E-state index in [0.717, 1.165) is 38.9 Å². The lowest BCUT2D eigenvalue weighted by molar-refractivity contribution is 0.594. The second-order valence-electron chi connectivity index (χ2n) is 8.62. The summed E-state index contributed by atoms with van der Waals surface area (Å²) >= 11 is 6.17. The van der Waals surface area contributed by atoms with Gasteiger partial charge in [0.05, 0.1) is 18.2 Å². The predicted molar refractivity (Wildman–Crippen MR) is 136 cm³/mol. The number of nitrogens with zero attached hydrogens (tertiary/aromatic N) is 4. The Bertz CT molecular complexity index is 1590. The Kier molecular flexibility index (Phi) is 5.35. The fourth-order valence-electron chi connectivity index (χ4n) is 4.50. The summed E-state index contributed by atoms with van der Waals surface area (Å²) in [5.74, 6) is 0. The number of pyridine rings is 2. The average Bonchev–Trinajstić information content (AvgIpc) is 3.27. The van der Waals surface area contributed by atoms with E-state index in [9.17, 15) is 4.79 Å². The van der Waals surface area contributed by atoms with Gasteiger partial charge in [-0.25, -0.2) is 9.97 Å². The Morgan fingerprint density at radius 1 is 0.971 bits per heavy atom. The zero-order valence-corrected chi connectivity index (χ0v) is 19.9. The molecular formula is C27H24ClN5O. The van der Waals surface area contributed by atoms with Gasteiger partial charge in [0, 0.05) is 42.3 Å². The van der Waals surface area contributed by atoms with Crippen LogP contribution in [-0.2, 0) is 19.6 Å². The Morgan fingerprint density at radius 2 is 1.74 bits per heavy atom. The molecule has 0 fully saturated rings. The maximum atomic E-state index is 12.8. The summed E-state index contributed by atoms with van der Waals surface area (Å²) < 4.78 is 3.46. The van der Waals surface area contributed by atoms with E-state index >= 15 is 0 Å². The lowest BCUT2D eigenvalue weighted by Crippen LogP contribution is -2.41. The maximum Gasteiger partial charge on any atom is 0.252 e. The van der Waals surface area contributed by atoms with E-state index in [1.807, 2.05) is 67.1 Å². The van der Waals surface area contributed by atoms with Crippen molar-refractivity contribution in [2.24, 2.45) is 19.8 Å². The molecule has 2 aromatic carbocycles. The molecule has 34 heavy (non-hydrogen) atoms. The van der Waals surface area contributed by atoms with E-state index in [2.05, 4.69) is 11.1 Å². The van der Waals surface area contributed by atoms with Crippen LogP contribution in [0.2, 0.25) is 5.02 Å². The van der Waals surface area contributed by atoms with Crippen LogP contribution in [0.3, 0.4) is 0 Å². The molecule has 1 atom stereocenters. The number of benzene rings is 2. The minimum Gasteiger partial charge on any atom is -0.336 e. The first-order chi connectivity index (χ1) is 16.3. The number of hydrogen-bond acceptors (Lipinski definition) is 4. The van der Waals surface area contributed by atoms with Gasteiger partial charge in [0.1, 0.15) is 11.2 Å². The highest BCUT2D eigenvalue weighted by Crippen LogP contribution is 2.37. The Morgan fingerprint density at radius 3 is 2.41 bits per heavy atom. The lowest BCUT2D eigenvalue weighted by Gasteiger charge is -2.31. The topological polar surface area (TPSA) is 78.7 Å². The third-order valence-corrected chi connectivity index (χ3v) is 6.63. The van der Waals surface area contributed by atoms with Gasteiger partial charge in [-0.1, -0.05) is 53.6 Å². The molecule has 0 unspecified atom stereocenters. The van der Waals surface area contributed by atoms with Crippen molar-refractivity contribution in [2.45, 2.75) is 12.5 Å². The normalized spacial score (nSPS) is 13.2. The van der Waals surface area contributed by atoms with Crippen molar-refractivity contribution in [3.63, 3.8) is 0 Å². The molecule has 0 aliphatic rings. The number of fused-ring (bicyclic) bond motifs is 1. The summed E-state index contributed by atoms with van der Waals surface area (Å²) in [7, 11) is 3.64. The van der Waals surface area contributed by atoms with Gasteiger partial charge < -0.3 is 10.3 Å². The molecule has 0 aliphatic carbocycles. The highest BCUT2D eigenvalue weighted by Gasteiger charge is 2.35. The van der Waals surface area contributed by atoms with Crippen LogP contribution in [0.4, 0.5) is 0 Å². The van der Waals surface area contributed by atoms with Crippen LogP contribution < -0.4 is 11.3 Å². The van der Waals surface area contributed by atoms with Crippen LogP contribution in [-0.4, -0.2) is 19.1 Å². The van der Waals surface area contributed by atoms with E-state index in [1.54, 1.807) is 36.4 Å². The smallest absolute Gasteiger partial charge is 0.252 e. The highest BCUT2D eigenvalue weighted by atomic mass is 35.5. The zero-order chi connectivity index (χ0) is 24.0. The van der Waals surface area contributed by atoms with Gasteiger partial charge in [-0.15, -0.1) is 0 Å². The molecule has 2 N–H and O–H groups in total. The Balaban J connectivity index is 1.84. The first-order valence-electron chi connectivity index (χ1n) is 10.9. The number of rotatable bonds is 4. The van der Waals surface area contributed by atoms with Crippen molar-refractivity contribution >= 4 is 22.6 Å². The van der Waals surface area contributed by atoms with Crippen LogP contribution in [0, 0.1) is 6.92 Å².